The van der Waals surface area contributed by atoms with Crippen LogP contribution in [0.3, 0.4) is 0 Å². The average molecular weight is 192 g/mol. The molecule has 0 bridgehead atoms. The Kier molecular flexibility index (Phi) is 3.89. The summed E-state index contributed by atoms with van der Waals surface area (Å²) in [4.78, 5) is 0. The van der Waals surface area contributed by atoms with Crippen LogP contribution in [0.5, 0.6) is 0 Å². The zero-order chi connectivity index (χ0) is 9.83. The molecule has 0 aromatic rings. The highest BCUT2D eigenvalue weighted by molar-refractivity contribution is 4.83. The number of hydrogen-bond donors (Lipinski definition) is 0. The molecule has 74 valence electrons. The van der Waals surface area contributed by atoms with E-state index in [0.29, 0.717) is 0 Å². The van der Waals surface area contributed by atoms with E-state index in [0.717, 1.165) is 0 Å². The Morgan fingerprint density at radius 3 is 1.92 bits per heavy atom. The van der Waals surface area contributed by atoms with Crippen LogP contribution in [0.25, 0.3) is 0 Å². The van der Waals surface area contributed by atoms with Gasteiger partial charge in [-0.1, -0.05) is 0 Å². The predicted octanol–water partition coefficient (Wildman–Crippen LogP) is 2.26. The van der Waals surface area contributed by atoms with E-state index in [1.165, 1.54) is 6.92 Å². The molecule has 0 unspecified atom stereocenters. The van der Waals surface area contributed by atoms with Gasteiger partial charge in [0, 0.05) is 6.61 Å². The Balaban J connectivity index is 4.17. The van der Waals surface area contributed by atoms with Gasteiger partial charge in [0.15, 0.2) is 6.67 Å². The first kappa shape index (κ1) is 11.6. The summed E-state index contributed by atoms with van der Waals surface area (Å²) >= 11 is 0. The molecular weight excluding hydrogens is 183 g/mol. The number of halogens is 5. The summed E-state index contributed by atoms with van der Waals surface area (Å²) < 4.78 is 64.1. The lowest BCUT2D eigenvalue weighted by atomic mass is 10.2. The number of alkyl halides is 5. The predicted molar refractivity (Wildman–Crippen MR) is 32.4 cm³/mol. The van der Waals surface area contributed by atoms with E-state index < -0.39 is 25.1 Å². The molecule has 0 fully saturated rings. The maximum Gasteiger partial charge on any atom is 0.340 e. The molecule has 6 heteroatoms. The molecule has 0 aromatic carbocycles. The van der Waals surface area contributed by atoms with E-state index in [9.17, 15) is 22.0 Å². The van der Waals surface area contributed by atoms with Crippen molar-refractivity contribution in [2.45, 2.75) is 18.8 Å². The van der Waals surface area contributed by atoms with Crippen molar-refractivity contribution >= 4 is 0 Å². The maximum atomic E-state index is 12.3. The summed E-state index contributed by atoms with van der Waals surface area (Å²) in [5, 5.41) is 0. The van der Waals surface area contributed by atoms with Crippen LogP contribution in [-0.4, -0.2) is 31.7 Å². The van der Waals surface area contributed by atoms with Crippen LogP contribution in [0.2, 0.25) is 0 Å². The van der Waals surface area contributed by atoms with Crippen LogP contribution in [0, 0.1) is 0 Å². The molecule has 0 N–H and O–H groups in total. The normalized spacial score (nSPS) is 13.5. The monoisotopic (exact) mass is 192 g/mol. The van der Waals surface area contributed by atoms with Crippen LogP contribution in [-0.2, 0) is 4.74 Å². The first-order valence-corrected chi connectivity index (χ1v) is 3.26. The Morgan fingerprint density at radius 1 is 1.08 bits per heavy atom. The summed E-state index contributed by atoms with van der Waals surface area (Å²) in [6.07, 6.45) is 0. The molecule has 0 saturated carbocycles. The van der Waals surface area contributed by atoms with Crippen molar-refractivity contribution in [1.82, 2.24) is 0 Å². The number of rotatable bonds is 5. The zero-order valence-corrected chi connectivity index (χ0v) is 6.42. The third-order valence-corrected chi connectivity index (χ3v) is 1.19. The molecule has 0 aromatic heterocycles. The first-order valence-electron chi connectivity index (χ1n) is 3.26. The van der Waals surface area contributed by atoms with E-state index in [2.05, 4.69) is 4.74 Å². The van der Waals surface area contributed by atoms with Gasteiger partial charge >= 0.3 is 11.8 Å². The molecule has 0 rings (SSSR count). The second-order valence-corrected chi connectivity index (χ2v) is 2.18. The van der Waals surface area contributed by atoms with Crippen LogP contribution in [0.4, 0.5) is 22.0 Å². The Bertz CT molecular complexity index is 136. The SMILES string of the molecule is CCOCC(F)(F)C(F)(F)CF. The zero-order valence-electron chi connectivity index (χ0n) is 6.42. The second kappa shape index (κ2) is 4.02. The van der Waals surface area contributed by atoms with E-state index in [4.69, 9.17) is 0 Å². The van der Waals surface area contributed by atoms with Crippen molar-refractivity contribution in [1.29, 1.82) is 0 Å². The van der Waals surface area contributed by atoms with Gasteiger partial charge in [-0.3, -0.25) is 0 Å². The average Bonchev–Trinajstić information content (AvgIpc) is 2.00. The molecule has 0 amide bonds. The molecule has 12 heavy (non-hydrogen) atoms. The van der Waals surface area contributed by atoms with E-state index in [-0.39, 0.29) is 6.61 Å². The highest BCUT2D eigenvalue weighted by Crippen LogP contribution is 2.34. The van der Waals surface area contributed by atoms with Gasteiger partial charge in [0.1, 0.15) is 6.61 Å². The van der Waals surface area contributed by atoms with Gasteiger partial charge in [-0.15, -0.1) is 0 Å². The molecule has 0 heterocycles. The Hall–Kier alpha value is -0.390. The first-order chi connectivity index (χ1) is 5.37. The lowest BCUT2D eigenvalue weighted by molar-refractivity contribution is -0.237. The number of hydrogen-bond acceptors (Lipinski definition) is 1. The molecule has 0 aliphatic rings. The third-order valence-electron chi connectivity index (χ3n) is 1.19. The molecule has 0 radical (unpaired) electrons. The highest BCUT2D eigenvalue weighted by Gasteiger charge is 2.56. The van der Waals surface area contributed by atoms with Gasteiger partial charge < -0.3 is 4.74 Å². The van der Waals surface area contributed by atoms with Gasteiger partial charge in [-0.2, -0.15) is 17.6 Å². The van der Waals surface area contributed by atoms with Crippen molar-refractivity contribution in [3.8, 4) is 0 Å². The molecule has 0 atom stereocenters. The van der Waals surface area contributed by atoms with Gasteiger partial charge in [-0.05, 0) is 6.92 Å². The van der Waals surface area contributed by atoms with Crippen molar-refractivity contribution in [3.05, 3.63) is 0 Å². The quantitative estimate of drug-likeness (QED) is 0.607. The van der Waals surface area contributed by atoms with Gasteiger partial charge in [0.05, 0.1) is 0 Å². The third kappa shape index (κ3) is 2.58. The summed E-state index contributed by atoms with van der Waals surface area (Å²) in [5.41, 5.74) is 0. The van der Waals surface area contributed by atoms with Crippen LogP contribution in [0.15, 0.2) is 0 Å². The molecule has 0 aliphatic heterocycles. The smallest absolute Gasteiger partial charge is 0.340 e. The summed E-state index contributed by atoms with van der Waals surface area (Å²) in [6.45, 7) is -2.57. The largest absolute Gasteiger partial charge is 0.375 e. The Labute approximate surface area is 66.5 Å². The van der Waals surface area contributed by atoms with E-state index >= 15 is 0 Å². The fourth-order valence-electron chi connectivity index (χ4n) is 0.434. The lowest BCUT2D eigenvalue weighted by Gasteiger charge is -2.23. The number of ether oxygens (including phenoxy) is 1. The summed E-state index contributed by atoms with van der Waals surface area (Å²) in [6, 6.07) is 0. The van der Waals surface area contributed by atoms with Gasteiger partial charge in [-0.25, -0.2) is 4.39 Å². The second-order valence-electron chi connectivity index (χ2n) is 2.18. The lowest BCUT2D eigenvalue weighted by Crippen LogP contribution is -2.45. The maximum absolute atomic E-state index is 12.3. The molecule has 1 nitrogen and oxygen atoms in total. The van der Waals surface area contributed by atoms with Crippen molar-refractivity contribution in [2.24, 2.45) is 0 Å². The standard InChI is InChI=1S/C6H9F5O/c1-2-12-4-6(10,11)5(8,9)3-7/h2-4H2,1H3. The topological polar surface area (TPSA) is 9.23 Å². The molecule has 0 saturated heterocycles. The van der Waals surface area contributed by atoms with Crippen molar-refractivity contribution < 1.29 is 26.7 Å². The minimum absolute atomic E-state index is 0.113. The Morgan fingerprint density at radius 2 is 1.58 bits per heavy atom. The summed E-state index contributed by atoms with van der Waals surface area (Å²) in [5.74, 6) is -9.07. The van der Waals surface area contributed by atoms with Crippen molar-refractivity contribution in [3.63, 3.8) is 0 Å². The minimum atomic E-state index is -4.64. The highest BCUT2D eigenvalue weighted by atomic mass is 19.3. The van der Waals surface area contributed by atoms with Gasteiger partial charge in [0.25, 0.3) is 0 Å². The molecule has 0 spiro atoms. The minimum Gasteiger partial charge on any atom is -0.375 e. The summed E-state index contributed by atoms with van der Waals surface area (Å²) in [7, 11) is 0. The van der Waals surface area contributed by atoms with Crippen LogP contribution < -0.4 is 0 Å². The molecule has 0 aliphatic carbocycles. The van der Waals surface area contributed by atoms with Crippen molar-refractivity contribution in [2.75, 3.05) is 19.9 Å². The fourth-order valence-corrected chi connectivity index (χ4v) is 0.434. The van der Waals surface area contributed by atoms with Gasteiger partial charge in [0.2, 0.25) is 0 Å². The van der Waals surface area contributed by atoms with E-state index in [1.54, 1.807) is 0 Å². The molecular formula is C6H9F5O. The van der Waals surface area contributed by atoms with E-state index in [1.807, 2.05) is 0 Å². The van der Waals surface area contributed by atoms with Crippen LogP contribution in [0.1, 0.15) is 6.92 Å². The fraction of sp³-hybridized carbons (Fsp3) is 1.00. The van der Waals surface area contributed by atoms with Crippen LogP contribution >= 0.6 is 0 Å².